The molecule has 2 N–H and O–H groups in total. The molecule has 0 fully saturated rings. The van der Waals surface area contributed by atoms with E-state index in [2.05, 4.69) is 24.3 Å². The molecule has 1 aliphatic carbocycles. The van der Waals surface area contributed by atoms with Gasteiger partial charge in [0.25, 0.3) is 0 Å². The molecule has 0 aromatic heterocycles. The molecule has 0 spiro atoms. The lowest BCUT2D eigenvalue weighted by Gasteiger charge is -2.13. The van der Waals surface area contributed by atoms with Crippen molar-refractivity contribution in [2.75, 3.05) is 0 Å². The number of aromatic hydroxyl groups is 2. The highest BCUT2D eigenvalue weighted by atomic mass is 16.3. The van der Waals surface area contributed by atoms with Crippen molar-refractivity contribution in [3.63, 3.8) is 0 Å². The number of phenols is 2. The molecule has 0 bridgehead atoms. The highest BCUT2D eigenvalue weighted by Crippen LogP contribution is 2.50. The molecule has 2 heteroatoms. The van der Waals surface area contributed by atoms with Crippen molar-refractivity contribution in [1.29, 1.82) is 0 Å². The number of phenolic OH excluding ortho intramolecular Hbond substituents is 2. The predicted octanol–water partition coefficient (Wildman–Crippen LogP) is 5.57. The molecule has 0 saturated carbocycles. The van der Waals surface area contributed by atoms with Crippen LogP contribution in [0.15, 0.2) is 84.9 Å². The molecule has 2 nitrogen and oxygen atoms in total. The van der Waals surface area contributed by atoms with Gasteiger partial charge in [0.15, 0.2) is 0 Å². The Labute approximate surface area is 151 Å². The fraction of sp³-hybridized carbons (Fsp3) is 0. The molecule has 0 aliphatic heterocycles. The lowest BCUT2D eigenvalue weighted by Crippen LogP contribution is -1.91. The van der Waals surface area contributed by atoms with E-state index < -0.39 is 0 Å². The molecule has 0 saturated heterocycles. The first-order chi connectivity index (χ1) is 12.8. The highest BCUT2D eigenvalue weighted by Gasteiger charge is 2.28. The second-order valence-corrected chi connectivity index (χ2v) is 6.49. The number of hydrogen-bond acceptors (Lipinski definition) is 2. The van der Waals surface area contributed by atoms with Gasteiger partial charge >= 0.3 is 0 Å². The van der Waals surface area contributed by atoms with Gasteiger partial charge in [0, 0.05) is 22.3 Å². The fourth-order valence-electron chi connectivity index (χ4n) is 3.96. The van der Waals surface area contributed by atoms with Crippen molar-refractivity contribution >= 4 is 21.9 Å². The molecule has 5 rings (SSSR count). The van der Waals surface area contributed by atoms with E-state index in [9.17, 15) is 10.2 Å². The van der Waals surface area contributed by atoms with Crippen molar-refractivity contribution < 1.29 is 10.2 Å². The fourth-order valence-corrected chi connectivity index (χ4v) is 3.96. The van der Waals surface area contributed by atoms with Crippen LogP contribution in [-0.4, -0.2) is 10.2 Å². The SMILES string of the molecule is Oc1ccccc1C1=C(c2ccccc2O)c2cccc3cccc1c23. The minimum atomic E-state index is 0.236. The summed E-state index contributed by atoms with van der Waals surface area (Å²) in [6.07, 6.45) is 0. The van der Waals surface area contributed by atoms with Crippen molar-refractivity contribution in [3.8, 4) is 11.5 Å². The Bertz CT molecular complexity index is 1110. The third-order valence-electron chi connectivity index (χ3n) is 5.04. The molecular formula is C24H16O2. The van der Waals surface area contributed by atoms with Gasteiger partial charge in [-0.2, -0.15) is 0 Å². The number of benzene rings is 4. The van der Waals surface area contributed by atoms with Crippen LogP contribution in [0.25, 0.3) is 21.9 Å². The van der Waals surface area contributed by atoms with Crippen LogP contribution in [0.2, 0.25) is 0 Å². The molecular weight excluding hydrogens is 320 g/mol. The van der Waals surface area contributed by atoms with Crippen molar-refractivity contribution in [1.82, 2.24) is 0 Å². The lowest BCUT2D eigenvalue weighted by molar-refractivity contribution is 0.472. The monoisotopic (exact) mass is 336 g/mol. The first-order valence-corrected chi connectivity index (χ1v) is 8.59. The topological polar surface area (TPSA) is 40.5 Å². The zero-order chi connectivity index (χ0) is 17.7. The number of hydrogen-bond donors (Lipinski definition) is 2. The van der Waals surface area contributed by atoms with Gasteiger partial charge in [-0.05, 0) is 34.0 Å². The predicted molar refractivity (Wildman–Crippen MR) is 105 cm³/mol. The van der Waals surface area contributed by atoms with Gasteiger partial charge in [-0.1, -0.05) is 72.8 Å². The summed E-state index contributed by atoms with van der Waals surface area (Å²) < 4.78 is 0. The summed E-state index contributed by atoms with van der Waals surface area (Å²) in [4.78, 5) is 0. The van der Waals surface area contributed by atoms with Gasteiger partial charge in [0.05, 0.1) is 0 Å². The average molecular weight is 336 g/mol. The molecule has 124 valence electrons. The van der Waals surface area contributed by atoms with Crippen LogP contribution in [-0.2, 0) is 0 Å². The minimum absolute atomic E-state index is 0.236. The molecule has 4 aromatic carbocycles. The van der Waals surface area contributed by atoms with Crippen LogP contribution in [0.3, 0.4) is 0 Å². The first-order valence-electron chi connectivity index (χ1n) is 8.59. The lowest BCUT2D eigenvalue weighted by atomic mass is 9.91. The van der Waals surface area contributed by atoms with Crippen LogP contribution >= 0.6 is 0 Å². The quantitative estimate of drug-likeness (QED) is 0.442. The Morgan fingerprint density at radius 2 is 0.846 bits per heavy atom. The summed E-state index contributed by atoms with van der Waals surface area (Å²) >= 11 is 0. The van der Waals surface area contributed by atoms with E-state index in [0.29, 0.717) is 0 Å². The molecule has 1 aliphatic rings. The number of para-hydroxylation sites is 2. The van der Waals surface area contributed by atoms with Gasteiger partial charge in [0.2, 0.25) is 0 Å². The molecule has 26 heavy (non-hydrogen) atoms. The van der Waals surface area contributed by atoms with Crippen LogP contribution in [0.4, 0.5) is 0 Å². The smallest absolute Gasteiger partial charge is 0.123 e. The Kier molecular flexibility index (Phi) is 3.13. The third kappa shape index (κ3) is 1.99. The summed E-state index contributed by atoms with van der Waals surface area (Å²) in [5.74, 6) is 0.473. The summed E-state index contributed by atoms with van der Waals surface area (Å²) in [5.41, 5.74) is 5.62. The van der Waals surface area contributed by atoms with Gasteiger partial charge in [-0.25, -0.2) is 0 Å². The Morgan fingerprint density at radius 3 is 1.31 bits per heavy atom. The molecule has 0 atom stereocenters. The molecule has 0 unspecified atom stereocenters. The van der Waals surface area contributed by atoms with E-state index in [4.69, 9.17) is 0 Å². The Morgan fingerprint density at radius 1 is 0.423 bits per heavy atom. The average Bonchev–Trinajstić information content (AvgIpc) is 2.99. The van der Waals surface area contributed by atoms with Gasteiger partial charge in [-0.15, -0.1) is 0 Å². The maximum Gasteiger partial charge on any atom is 0.123 e. The Balaban J connectivity index is 1.96. The summed E-state index contributed by atoms with van der Waals surface area (Å²) in [6.45, 7) is 0. The van der Waals surface area contributed by atoms with E-state index in [-0.39, 0.29) is 11.5 Å². The molecule has 0 heterocycles. The van der Waals surface area contributed by atoms with Gasteiger partial charge < -0.3 is 10.2 Å². The van der Waals surface area contributed by atoms with E-state index >= 15 is 0 Å². The summed E-state index contributed by atoms with van der Waals surface area (Å²) in [7, 11) is 0. The molecule has 4 aromatic rings. The number of rotatable bonds is 2. The van der Waals surface area contributed by atoms with Gasteiger partial charge in [0.1, 0.15) is 11.5 Å². The van der Waals surface area contributed by atoms with Crippen LogP contribution in [0.5, 0.6) is 11.5 Å². The minimum Gasteiger partial charge on any atom is -0.507 e. The second-order valence-electron chi connectivity index (χ2n) is 6.49. The normalized spacial score (nSPS) is 12.8. The standard InChI is InChI=1S/C24H16O2/c25-20-13-3-1-9-16(20)23-18-11-5-7-15-8-6-12-19(22(15)18)24(23)17-10-2-4-14-21(17)26/h1-14,25-26H. The van der Waals surface area contributed by atoms with Crippen LogP contribution < -0.4 is 0 Å². The first kappa shape index (κ1) is 14.8. The van der Waals surface area contributed by atoms with E-state index in [0.717, 1.165) is 44.2 Å². The Hall–Kier alpha value is -3.52. The van der Waals surface area contributed by atoms with E-state index in [1.54, 1.807) is 12.1 Å². The largest absolute Gasteiger partial charge is 0.507 e. The zero-order valence-corrected chi connectivity index (χ0v) is 14.0. The van der Waals surface area contributed by atoms with E-state index in [1.165, 1.54) is 0 Å². The summed E-state index contributed by atoms with van der Waals surface area (Å²) in [6, 6.07) is 27.2. The maximum atomic E-state index is 10.5. The van der Waals surface area contributed by atoms with Crippen LogP contribution in [0, 0.1) is 0 Å². The van der Waals surface area contributed by atoms with E-state index in [1.807, 2.05) is 48.5 Å². The molecule has 0 amide bonds. The van der Waals surface area contributed by atoms with Gasteiger partial charge in [-0.3, -0.25) is 0 Å². The molecule has 0 radical (unpaired) electrons. The summed E-state index contributed by atoms with van der Waals surface area (Å²) in [5, 5.41) is 23.4. The van der Waals surface area contributed by atoms with Crippen molar-refractivity contribution in [3.05, 3.63) is 107 Å². The van der Waals surface area contributed by atoms with Crippen LogP contribution in [0.1, 0.15) is 22.3 Å². The van der Waals surface area contributed by atoms with Crippen molar-refractivity contribution in [2.45, 2.75) is 0 Å². The highest BCUT2D eigenvalue weighted by molar-refractivity contribution is 6.21. The van der Waals surface area contributed by atoms with Crippen molar-refractivity contribution in [2.24, 2.45) is 0 Å². The second kappa shape index (κ2) is 5.50. The third-order valence-corrected chi connectivity index (χ3v) is 5.04. The maximum absolute atomic E-state index is 10.5. The zero-order valence-electron chi connectivity index (χ0n) is 14.0.